The van der Waals surface area contributed by atoms with Crippen LogP contribution in [0.15, 0.2) is 114 Å². The van der Waals surface area contributed by atoms with Gasteiger partial charge in [0.15, 0.2) is 38.8 Å². The van der Waals surface area contributed by atoms with Crippen LogP contribution in [-0.4, -0.2) is 117 Å². The molecular formula is C62H78FN7O8S2Si2. The van der Waals surface area contributed by atoms with E-state index in [1.54, 1.807) is 45.2 Å². The van der Waals surface area contributed by atoms with Gasteiger partial charge in [-0.25, -0.2) is 19.0 Å². The van der Waals surface area contributed by atoms with Crippen molar-refractivity contribution in [1.82, 2.24) is 24.6 Å². The highest BCUT2D eigenvalue weighted by molar-refractivity contribution is 7.16. The van der Waals surface area contributed by atoms with E-state index < -0.39 is 46.0 Å². The topological polar surface area (TPSA) is 163 Å². The summed E-state index contributed by atoms with van der Waals surface area (Å²) in [4.78, 5) is 40.5. The average Bonchev–Trinajstić information content (AvgIpc) is 4.17. The number of benzene rings is 4. The number of fused-ring (bicyclic) bond motifs is 1. The summed E-state index contributed by atoms with van der Waals surface area (Å²) in [5.74, 6) is 5.59. The fourth-order valence-electron chi connectivity index (χ4n) is 9.13. The van der Waals surface area contributed by atoms with Crippen LogP contribution in [-0.2, 0) is 31.8 Å². The first kappa shape index (κ1) is 63.0. The lowest BCUT2D eigenvalue weighted by Gasteiger charge is -2.45. The summed E-state index contributed by atoms with van der Waals surface area (Å²) >= 11 is 2.89. The van der Waals surface area contributed by atoms with Crippen molar-refractivity contribution in [2.75, 3.05) is 52.0 Å². The number of aliphatic hydroxyl groups excluding tert-OH is 1. The number of aromatic nitrogens is 4. The SMILES string of the molecule is COC(=O)c1nc(N(CCCC(CO)O[Si](c2ccccc2)(c2ccccc2)C(C)(C)C)c2cc(C)c(N=c3sc4ccccc4n3COCC[Si](C)(C)C)nn2)sc1CCCOc1ccc(C#CCN(C)C(=O)OC(C)(C)C)cc1F. The van der Waals surface area contributed by atoms with Crippen LogP contribution in [0.25, 0.3) is 10.2 Å². The van der Waals surface area contributed by atoms with Gasteiger partial charge in [0.2, 0.25) is 0 Å². The van der Waals surface area contributed by atoms with E-state index in [1.807, 2.05) is 66.4 Å². The molecule has 0 saturated heterocycles. The van der Waals surface area contributed by atoms with Crippen LogP contribution in [0.3, 0.4) is 0 Å². The second-order valence-electron chi connectivity index (χ2n) is 23.3. The molecule has 7 aromatic rings. The Balaban J connectivity index is 1.16. The van der Waals surface area contributed by atoms with E-state index in [9.17, 15) is 14.7 Å². The third-order valence-corrected chi connectivity index (χ3v) is 22.4. The number of methoxy groups -OCH3 is 1. The number of ether oxygens (including phenoxy) is 4. The molecule has 0 radical (unpaired) electrons. The molecule has 0 bridgehead atoms. The fraction of sp³-hybridized carbons (Fsp3) is 0.419. The zero-order chi connectivity index (χ0) is 59.2. The van der Waals surface area contributed by atoms with E-state index >= 15 is 4.39 Å². The maximum Gasteiger partial charge on any atom is 0.410 e. The molecule has 3 aromatic heterocycles. The Morgan fingerprint density at radius 3 is 2.18 bits per heavy atom. The van der Waals surface area contributed by atoms with E-state index in [0.29, 0.717) is 72.8 Å². The van der Waals surface area contributed by atoms with E-state index in [1.165, 1.54) is 35.5 Å². The van der Waals surface area contributed by atoms with Crippen LogP contribution >= 0.6 is 22.7 Å². The van der Waals surface area contributed by atoms with Gasteiger partial charge in [0, 0.05) is 38.7 Å². The Bertz CT molecular complexity index is 3360. The maximum absolute atomic E-state index is 15.4. The van der Waals surface area contributed by atoms with Crippen LogP contribution in [0.4, 0.5) is 26.0 Å². The van der Waals surface area contributed by atoms with Crippen LogP contribution in [0.2, 0.25) is 30.7 Å². The number of carbonyl (C=O) groups is 2. The molecule has 4 aromatic carbocycles. The number of carbonyl (C=O) groups excluding carboxylic acids is 2. The fourth-order valence-corrected chi connectivity index (χ4v) is 16.7. The lowest BCUT2D eigenvalue weighted by atomic mass is 10.2. The monoisotopic (exact) mass is 1190 g/mol. The highest BCUT2D eigenvalue weighted by atomic mass is 32.1. The molecule has 1 unspecified atom stereocenters. The zero-order valence-corrected chi connectivity index (χ0v) is 53.0. The molecule has 1 amide bonds. The Labute approximate surface area is 492 Å². The predicted molar refractivity (Wildman–Crippen MR) is 331 cm³/mol. The molecule has 0 saturated carbocycles. The van der Waals surface area contributed by atoms with Gasteiger partial charge in [-0.2, -0.15) is 4.99 Å². The maximum atomic E-state index is 15.4. The number of hydrogen-bond donors (Lipinski definition) is 1. The van der Waals surface area contributed by atoms with Crippen LogP contribution in [0.1, 0.15) is 87.3 Å². The van der Waals surface area contributed by atoms with Crippen molar-refractivity contribution in [2.24, 2.45) is 4.99 Å². The molecule has 0 fully saturated rings. The number of thiazole rings is 2. The number of amides is 1. The Morgan fingerprint density at radius 2 is 1.56 bits per heavy atom. The summed E-state index contributed by atoms with van der Waals surface area (Å²) in [7, 11) is -1.43. The van der Waals surface area contributed by atoms with Crippen molar-refractivity contribution in [2.45, 2.75) is 123 Å². The largest absolute Gasteiger partial charge is 0.491 e. The Morgan fingerprint density at radius 1 is 0.878 bits per heavy atom. The minimum atomic E-state index is -3.03. The number of rotatable bonds is 24. The molecule has 0 aliphatic rings. The van der Waals surface area contributed by atoms with Gasteiger partial charge in [-0.05, 0) is 117 Å². The lowest BCUT2D eigenvalue weighted by Crippen LogP contribution is -2.68. The van der Waals surface area contributed by atoms with Gasteiger partial charge in [-0.1, -0.05) is 136 Å². The molecule has 1 atom stereocenters. The van der Waals surface area contributed by atoms with Crippen LogP contribution < -0.4 is 24.8 Å². The van der Waals surface area contributed by atoms with Gasteiger partial charge < -0.3 is 38.3 Å². The molecule has 15 nitrogen and oxygen atoms in total. The second kappa shape index (κ2) is 28.1. The minimum Gasteiger partial charge on any atom is -0.491 e. The molecule has 3 heterocycles. The number of hydrogen-bond acceptors (Lipinski definition) is 15. The zero-order valence-electron chi connectivity index (χ0n) is 49.4. The highest BCUT2D eigenvalue weighted by Crippen LogP contribution is 2.39. The van der Waals surface area contributed by atoms with Crippen molar-refractivity contribution >= 4 is 88.5 Å². The third-order valence-electron chi connectivity index (χ3n) is 13.4. The van der Waals surface area contributed by atoms with Gasteiger partial charge in [0.25, 0.3) is 8.32 Å². The van der Waals surface area contributed by atoms with E-state index in [-0.39, 0.29) is 36.2 Å². The molecular weight excluding hydrogens is 1110 g/mol. The average molecular weight is 1190 g/mol. The van der Waals surface area contributed by atoms with Gasteiger partial charge in [0.1, 0.15) is 12.3 Å². The van der Waals surface area contributed by atoms with E-state index in [0.717, 1.165) is 37.0 Å². The molecule has 7 rings (SSSR count). The summed E-state index contributed by atoms with van der Waals surface area (Å²) in [6.07, 6.45) is 0.766. The first-order valence-corrected chi connectivity index (χ1v) is 34.9. The first-order valence-electron chi connectivity index (χ1n) is 27.7. The van der Waals surface area contributed by atoms with Crippen LogP contribution in [0, 0.1) is 24.6 Å². The molecule has 0 aliphatic heterocycles. The first-order chi connectivity index (χ1) is 39.0. The standard InChI is InChI=1S/C62H78FN7O8S2Si2/c1-44-40-54(66-67-56(44)65-59-70(43-75-38-39-81(10,11)12)50-30-19-20-31-52(50)79-59)69(36-22-25-46(42-71)78-82(62(5,6)7,47-26-15-13-16-27-47)48-28-17-14-18-29-48)58-64-55(57(72)74-9)53(80-58)32-23-37-76-51-34-33-45(41-49(51)63)24-21-35-68(8)60(73)77-61(2,3)4/h13-20,26-31,33-34,40-41,46,71H,22-23,25,32,35-39,42-43H2,1-12H3. The smallest absolute Gasteiger partial charge is 0.410 e. The van der Waals surface area contributed by atoms with Crippen molar-refractivity contribution in [3.05, 3.63) is 142 Å². The Hall–Kier alpha value is -6.58. The molecule has 82 heavy (non-hydrogen) atoms. The molecule has 436 valence electrons. The number of aliphatic hydroxyl groups is 1. The molecule has 0 spiro atoms. The number of halogens is 1. The summed E-state index contributed by atoms with van der Waals surface area (Å²) in [6, 6.07) is 36.3. The van der Waals surface area contributed by atoms with Crippen molar-refractivity contribution in [1.29, 1.82) is 0 Å². The number of aryl methyl sites for hydroxylation is 2. The normalized spacial score (nSPS) is 12.7. The molecule has 1 N–H and O–H groups in total. The van der Waals surface area contributed by atoms with Crippen molar-refractivity contribution in [3.8, 4) is 17.6 Å². The van der Waals surface area contributed by atoms with Gasteiger partial charge in [-0.15, -0.1) is 21.5 Å². The quantitative estimate of drug-likeness (QED) is 0.0264. The molecule has 0 aliphatic carbocycles. The van der Waals surface area contributed by atoms with Gasteiger partial charge >= 0.3 is 12.1 Å². The third kappa shape index (κ3) is 16.6. The lowest BCUT2D eigenvalue weighted by molar-refractivity contribution is 0.0320. The van der Waals surface area contributed by atoms with Crippen molar-refractivity contribution in [3.63, 3.8) is 0 Å². The highest BCUT2D eigenvalue weighted by Gasteiger charge is 2.51. The molecule has 20 heteroatoms. The number of anilines is 2. The van der Waals surface area contributed by atoms with Crippen LogP contribution in [0.5, 0.6) is 5.75 Å². The number of nitrogens with zero attached hydrogens (tertiary/aromatic N) is 7. The van der Waals surface area contributed by atoms with Gasteiger partial charge in [0.05, 0.1) is 43.2 Å². The minimum absolute atomic E-state index is 0.0537. The van der Waals surface area contributed by atoms with Gasteiger partial charge in [-0.3, -0.25) is 4.57 Å². The number of para-hydroxylation sites is 1. The summed E-state index contributed by atoms with van der Waals surface area (Å²) < 4.78 is 48.7. The van der Waals surface area contributed by atoms with E-state index in [4.69, 9.17) is 43.5 Å². The summed E-state index contributed by atoms with van der Waals surface area (Å²) in [5, 5.41) is 23.1. The Kier molecular flexibility index (Phi) is 21.6. The predicted octanol–water partition coefficient (Wildman–Crippen LogP) is 11.8. The summed E-state index contributed by atoms with van der Waals surface area (Å²) in [6.45, 7) is 22.4. The summed E-state index contributed by atoms with van der Waals surface area (Å²) in [5.41, 5.74) is 1.72. The number of esters is 1. The second-order valence-corrected chi connectivity index (χ2v) is 35.3. The van der Waals surface area contributed by atoms with E-state index in [2.05, 4.69) is 93.2 Å². The van der Waals surface area contributed by atoms with Crippen molar-refractivity contribution < 1.29 is 42.5 Å².